The lowest BCUT2D eigenvalue weighted by Crippen LogP contribution is -2.28. The molecule has 2 fully saturated rings. The van der Waals surface area contributed by atoms with Gasteiger partial charge in [-0.15, -0.1) is 0 Å². The standard InChI is InChI=1S/C14H23N5/c1-2-3-12-13(15)16-9-17-14(12)18-10-6-7-19(8-10)11-4-5-11/h9-11H,2-8H2,1H3,(H3,15,16,17,18). The molecular formula is C14H23N5. The highest BCUT2D eigenvalue weighted by Gasteiger charge is 2.34. The number of aromatic nitrogens is 2. The van der Waals surface area contributed by atoms with Crippen molar-refractivity contribution in [3.63, 3.8) is 0 Å². The van der Waals surface area contributed by atoms with E-state index in [4.69, 9.17) is 5.73 Å². The second-order valence-corrected chi connectivity index (χ2v) is 5.69. The molecule has 2 aliphatic rings. The summed E-state index contributed by atoms with van der Waals surface area (Å²) < 4.78 is 0. The van der Waals surface area contributed by atoms with E-state index < -0.39 is 0 Å². The minimum Gasteiger partial charge on any atom is -0.383 e. The Kier molecular flexibility index (Phi) is 3.55. The first-order valence-corrected chi connectivity index (χ1v) is 7.38. The second-order valence-electron chi connectivity index (χ2n) is 5.69. The maximum atomic E-state index is 5.97. The van der Waals surface area contributed by atoms with Crippen LogP contribution in [0.5, 0.6) is 0 Å². The molecule has 1 saturated heterocycles. The molecule has 1 atom stereocenters. The number of nitrogens with zero attached hydrogens (tertiary/aromatic N) is 3. The number of likely N-dealkylation sites (tertiary alicyclic amines) is 1. The van der Waals surface area contributed by atoms with Crippen molar-refractivity contribution in [1.82, 2.24) is 14.9 Å². The topological polar surface area (TPSA) is 67.1 Å². The molecule has 1 aromatic heterocycles. The van der Waals surface area contributed by atoms with Crippen LogP contribution in [0.1, 0.15) is 38.2 Å². The lowest BCUT2D eigenvalue weighted by Gasteiger charge is -2.18. The molecule has 2 heterocycles. The van der Waals surface area contributed by atoms with E-state index in [9.17, 15) is 0 Å². The molecule has 5 heteroatoms. The van der Waals surface area contributed by atoms with E-state index in [-0.39, 0.29) is 0 Å². The number of rotatable bonds is 5. The molecule has 0 amide bonds. The molecular weight excluding hydrogens is 238 g/mol. The van der Waals surface area contributed by atoms with Crippen LogP contribution in [0.3, 0.4) is 0 Å². The number of anilines is 2. The summed E-state index contributed by atoms with van der Waals surface area (Å²) in [5.74, 6) is 1.56. The molecule has 1 aliphatic heterocycles. The van der Waals surface area contributed by atoms with Gasteiger partial charge in [-0.2, -0.15) is 0 Å². The molecule has 3 N–H and O–H groups in total. The third-order valence-electron chi connectivity index (χ3n) is 4.10. The molecule has 104 valence electrons. The normalized spacial score (nSPS) is 23.7. The number of hydrogen-bond donors (Lipinski definition) is 2. The van der Waals surface area contributed by atoms with E-state index in [1.54, 1.807) is 6.33 Å². The smallest absolute Gasteiger partial charge is 0.134 e. The fourth-order valence-electron chi connectivity index (χ4n) is 2.92. The lowest BCUT2D eigenvalue weighted by atomic mass is 10.1. The Hall–Kier alpha value is -1.36. The van der Waals surface area contributed by atoms with Gasteiger partial charge in [0.05, 0.1) is 0 Å². The highest BCUT2D eigenvalue weighted by Crippen LogP contribution is 2.31. The zero-order chi connectivity index (χ0) is 13.2. The number of nitrogen functional groups attached to an aromatic ring is 1. The maximum absolute atomic E-state index is 5.97. The second kappa shape index (κ2) is 5.33. The largest absolute Gasteiger partial charge is 0.383 e. The van der Waals surface area contributed by atoms with E-state index >= 15 is 0 Å². The summed E-state index contributed by atoms with van der Waals surface area (Å²) in [4.78, 5) is 11.1. The van der Waals surface area contributed by atoms with E-state index in [0.717, 1.165) is 36.8 Å². The first-order valence-electron chi connectivity index (χ1n) is 7.38. The summed E-state index contributed by atoms with van der Waals surface area (Å²) in [5.41, 5.74) is 7.04. The Bertz CT molecular complexity index is 443. The molecule has 0 radical (unpaired) electrons. The summed E-state index contributed by atoms with van der Waals surface area (Å²) in [6, 6.07) is 1.36. The quantitative estimate of drug-likeness (QED) is 0.844. The fourth-order valence-corrected chi connectivity index (χ4v) is 2.92. The summed E-state index contributed by atoms with van der Waals surface area (Å²) in [6.45, 7) is 4.51. The van der Waals surface area contributed by atoms with Crippen molar-refractivity contribution < 1.29 is 0 Å². The van der Waals surface area contributed by atoms with Crippen LogP contribution in [0.25, 0.3) is 0 Å². The van der Waals surface area contributed by atoms with Gasteiger partial charge in [-0.05, 0) is 25.7 Å². The summed E-state index contributed by atoms with van der Waals surface area (Å²) in [6.07, 6.45) is 7.53. The van der Waals surface area contributed by atoms with Crippen molar-refractivity contribution in [2.75, 3.05) is 24.1 Å². The number of hydrogen-bond acceptors (Lipinski definition) is 5. The van der Waals surface area contributed by atoms with Gasteiger partial charge in [0.1, 0.15) is 18.0 Å². The van der Waals surface area contributed by atoms with E-state index in [2.05, 4.69) is 27.1 Å². The van der Waals surface area contributed by atoms with Crippen LogP contribution in [0.2, 0.25) is 0 Å². The van der Waals surface area contributed by atoms with Crippen molar-refractivity contribution in [2.24, 2.45) is 0 Å². The monoisotopic (exact) mass is 261 g/mol. The molecule has 1 saturated carbocycles. The third-order valence-corrected chi connectivity index (χ3v) is 4.10. The molecule has 1 aromatic rings. The molecule has 0 bridgehead atoms. The Labute approximate surface area is 114 Å². The third kappa shape index (κ3) is 2.81. The molecule has 1 aliphatic carbocycles. The first-order chi connectivity index (χ1) is 9.28. The minimum absolute atomic E-state index is 0.505. The van der Waals surface area contributed by atoms with Gasteiger partial charge in [0.2, 0.25) is 0 Å². The number of nitrogens with one attached hydrogen (secondary N) is 1. The van der Waals surface area contributed by atoms with Gasteiger partial charge in [-0.1, -0.05) is 13.3 Å². The molecule has 5 nitrogen and oxygen atoms in total. The lowest BCUT2D eigenvalue weighted by molar-refractivity contribution is 0.326. The molecule has 0 aromatic carbocycles. The Balaban J connectivity index is 1.67. The van der Waals surface area contributed by atoms with Crippen LogP contribution >= 0.6 is 0 Å². The number of nitrogens with two attached hydrogens (primary N) is 1. The predicted molar refractivity (Wildman–Crippen MR) is 77.1 cm³/mol. The van der Waals surface area contributed by atoms with E-state index in [0.29, 0.717) is 11.9 Å². The van der Waals surface area contributed by atoms with Crippen LogP contribution in [0.4, 0.5) is 11.6 Å². The van der Waals surface area contributed by atoms with E-state index in [1.165, 1.54) is 25.8 Å². The predicted octanol–water partition coefficient (Wildman–Crippen LogP) is 1.66. The van der Waals surface area contributed by atoms with Crippen molar-refractivity contribution >= 4 is 11.6 Å². The zero-order valence-electron chi connectivity index (χ0n) is 11.6. The molecule has 19 heavy (non-hydrogen) atoms. The highest BCUT2D eigenvalue weighted by molar-refractivity contribution is 5.55. The fraction of sp³-hybridized carbons (Fsp3) is 0.714. The average Bonchev–Trinajstić information content (AvgIpc) is 3.15. The van der Waals surface area contributed by atoms with Crippen LogP contribution < -0.4 is 11.1 Å². The summed E-state index contributed by atoms with van der Waals surface area (Å²) >= 11 is 0. The Morgan fingerprint density at radius 2 is 2.21 bits per heavy atom. The Morgan fingerprint density at radius 3 is 2.95 bits per heavy atom. The zero-order valence-corrected chi connectivity index (χ0v) is 11.6. The van der Waals surface area contributed by atoms with Crippen LogP contribution in [0.15, 0.2) is 6.33 Å². The molecule has 0 spiro atoms. The van der Waals surface area contributed by atoms with Gasteiger partial charge in [-0.25, -0.2) is 9.97 Å². The summed E-state index contributed by atoms with van der Waals surface area (Å²) in [7, 11) is 0. The van der Waals surface area contributed by atoms with Crippen LogP contribution in [-0.4, -0.2) is 40.0 Å². The first kappa shape index (κ1) is 12.7. The average molecular weight is 261 g/mol. The van der Waals surface area contributed by atoms with Gasteiger partial charge in [0.15, 0.2) is 0 Å². The van der Waals surface area contributed by atoms with Gasteiger partial charge in [0.25, 0.3) is 0 Å². The Morgan fingerprint density at radius 1 is 1.37 bits per heavy atom. The van der Waals surface area contributed by atoms with Crippen LogP contribution in [-0.2, 0) is 6.42 Å². The molecule has 3 rings (SSSR count). The van der Waals surface area contributed by atoms with Gasteiger partial charge >= 0.3 is 0 Å². The highest BCUT2D eigenvalue weighted by atomic mass is 15.2. The van der Waals surface area contributed by atoms with E-state index in [1.807, 2.05) is 0 Å². The SMILES string of the molecule is CCCc1c(N)ncnc1NC1CCN(C2CC2)C1. The van der Waals surface area contributed by atoms with Crippen molar-refractivity contribution in [1.29, 1.82) is 0 Å². The van der Waals surface area contributed by atoms with Gasteiger partial charge in [0, 0.05) is 30.7 Å². The minimum atomic E-state index is 0.505. The molecule has 1 unspecified atom stereocenters. The summed E-state index contributed by atoms with van der Waals surface area (Å²) in [5, 5.41) is 3.57. The van der Waals surface area contributed by atoms with Gasteiger partial charge < -0.3 is 11.1 Å². The van der Waals surface area contributed by atoms with Crippen LogP contribution in [0, 0.1) is 0 Å². The van der Waals surface area contributed by atoms with Crippen molar-refractivity contribution in [2.45, 2.75) is 51.1 Å². The maximum Gasteiger partial charge on any atom is 0.134 e. The van der Waals surface area contributed by atoms with Crippen molar-refractivity contribution in [3.05, 3.63) is 11.9 Å². The van der Waals surface area contributed by atoms with Gasteiger partial charge in [-0.3, -0.25) is 4.90 Å². The van der Waals surface area contributed by atoms with Crippen molar-refractivity contribution in [3.8, 4) is 0 Å².